The van der Waals surface area contributed by atoms with E-state index in [1.807, 2.05) is 30.3 Å². The van der Waals surface area contributed by atoms with Gasteiger partial charge in [0.1, 0.15) is 22.0 Å². The molecule has 9 heteroatoms. The highest BCUT2D eigenvalue weighted by Crippen LogP contribution is 2.17. The number of amides is 2. The summed E-state index contributed by atoms with van der Waals surface area (Å²) in [6.45, 7) is 5.87. The summed E-state index contributed by atoms with van der Waals surface area (Å²) in [4.78, 5) is 27.7. The Bertz CT molecular complexity index is 788. The molecule has 0 N–H and O–H groups in total. The van der Waals surface area contributed by atoms with Gasteiger partial charge in [-0.15, -0.1) is 0 Å². The SMILES string of the molecule is CC(C)(C)OC(=O)N1CCN(C(=O)OCc2ccccc2)C(CS(C)(=O)=O)C1. The van der Waals surface area contributed by atoms with Crippen LogP contribution >= 0.6 is 0 Å². The van der Waals surface area contributed by atoms with Crippen LogP contribution in [0, 0.1) is 0 Å². The first-order chi connectivity index (χ1) is 12.9. The number of rotatable bonds is 4. The van der Waals surface area contributed by atoms with Gasteiger partial charge in [-0.2, -0.15) is 0 Å². The van der Waals surface area contributed by atoms with E-state index in [0.717, 1.165) is 11.8 Å². The van der Waals surface area contributed by atoms with Gasteiger partial charge in [0.25, 0.3) is 0 Å². The normalized spacial score (nSPS) is 17.9. The van der Waals surface area contributed by atoms with Crippen LogP contribution < -0.4 is 0 Å². The van der Waals surface area contributed by atoms with E-state index in [2.05, 4.69) is 0 Å². The number of carbonyl (C=O) groups is 2. The van der Waals surface area contributed by atoms with E-state index in [-0.39, 0.29) is 32.0 Å². The monoisotopic (exact) mass is 412 g/mol. The molecule has 28 heavy (non-hydrogen) atoms. The minimum Gasteiger partial charge on any atom is -0.445 e. The lowest BCUT2D eigenvalue weighted by molar-refractivity contribution is 0.00364. The summed E-state index contributed by atoms with van der Waals surface area (Å²) in [7, 11) is -3.37. The van der Waals surface area contributed by atoms with Crippen molar-refractivity contribution in [2.45, 2.75) is 39.0 Å². The molecule has 1 aliphatic rings. The van der Waals surface area contributed by atoms with Crippen LogP contribution in [0.1, 0.15) is 26.3 Å². The van der Waals surface area contributed by atoms with Gasteiger partial charge in [0.15, 0.2) is 0 Å². The van der Waals surface area contributed by atoms with Crippen LogP contribution in [0.25, 0.3) is 0 Å². The lowest BCUT2D eigenvalue weighted by Crippen LogP contribution is -2.59. The van der Waals surface area contributed by atoms with Crippen molar-refractivity contribution in [3.63, 3.8) is 0 Å². The van der Waals surface area contributed by atoms with Gasteiger partial charge in [0.2, 0.25) is 0 Å². The number of hydrogen-bond donors (Lipinski definition) is 0. The van der Waals surface area contributed by atoms with E-state index in [4.69, 9.17) is 9.47 Å². The summed E-state index contributed by atoms with van der Waals surface area (Å²) in [5.74, 6) is -0.257. The molecule has 0 radical (unpaired) electrons. The molecule has 1 aromatic rings. The number of carbonyl (C=O) groups excluding carboxylic acids is 2. The van der Waals surface area contributed by atoms with Crippen LogP contribution in [-0.2, 0) is 25.9 Å². The number of ether oxygens (including phenoxy) is 2. The molecule has 0 aromatic heterocycles. The lowest BCUT2D eigenvalue weighted by atomic mass is 10.2. The van der Waals surface area contributed by atoms with Crippen LogP contribution in [-0.4, -0.2) is 73.7 Å². The molecular formula is C19H28N2O6S. The second-order valence-electron chi connectivity index (χ2n) is 7.91. The van der Waals surface area contributed by atoms with Crippen LogP contribution in [0.15, 0.2) is 30.3 Å². The Morgan fingerprint density at radius 2 is 1.75 bits per heavy atom. The summed E-state index contributed by atoms with van der Waals surface area (Å²) in [5.41, 5.74) is 0.178. The fourth-order valence-electron chi connectivity index (χ4n) is 2.88. The average molecular weight is 413 g/mol. The molecule has 0 saturated carbocycles. The van der Waals surface area contributed by atoms with Crippen molar-refractivity contribution in [2.75, 3.05) is 31.6 Å². The lowest BCUT2D eigenvalue weighted by Gasteiger charge is -2.40. The van der Waals surface area contributed by atoms with E-state index in [1.54, 1.807) is 20.8 Å². The molecule has 1 saturated heterocycles. The van der Waals surface area contributed by atoms with Gasteiger partial charge in [0.05, 0.1) is 11.8 Å². The maximum Gasteiger partial charge on any atom is 0.410 e. The Morgan fingerprint density at radius 3 is 2.32 bits per heavy atom. The van der Waals surface area contributed by atoms with Crippen molar-refractivity contribution >= 4 is 22.0 Å². The van der Waals surface area contributed by atoms with Crippen LogP contribution in [0.3, 0.4) is 0 Å². The third-order valence-corrected chi connectivity index (χ3v) is 5.06. The van der Waals surface area contributed by atoms with Gasteiger partial charge in [-0.25, -0.2) is 18.0 Å². The Hall–Kier alpha value is -2.29. The summed E-state index contributed by atoms with van der Waals surface area (Å²) >= 11 is 0. The molecule has 0 aliphatic carbocycles. The average Bonchev–Trinajstić information content (AvgIpc) is 2.57. The highest BCUT2D eigenvalue weighted by atomic mass is 32.2. The predicted molar refractivity (Wildman–Crippen MR) is 105 cm³/mol. The quantitative estimate of drug-likeness (QED) is 0.753. The van der Waals surface area contributed by atoms with Gasteiger partial charge < -0.3 is 19.3 Å². The zero-order valence-corrected chi connectivity index (χ0v) is 17.6. The Kier molecular flexibility index (Phi) is 6.92. The van der Waals surface area contributed by atoms with E-state index < -0.39 is 33.7 Å². The second kappa shape index (κ2) is 8.81. The maximum absolute atomic E-state index is 12.5. The van der Waals surface area contributed by atoms with Crippen LogP contribution in [0.2, 0.25) is 0 Å². The minimum atomic E-state index is -3.37. The summed E-state index contributed by atoms with van der Waals surface area (Å²) in [6, 6.07) is 8.52. The number of sulfone groups is 1. The molecule has 1 fully saturated rings. The van der Waals surface area contributed by atoms with Crippen molar-refractivity contribution in [1.82, 2.24) is 9.80 Å². The standard InChI is InChI=1S/C19H28N2O6S/c1-19(2,3)27-17(22)20-10-11-21(16(12-20)14-28(4,24)25)18(23)26-13-15-8-6-5-7-9-15/h5-9,16H,10-14H2,1-4H3. The highest BCUT2D eigenvalue weighted by molar-refractivity contribution is 7.90. The Balaban J connectivity index is 2.06. The molecule has 2 rings (SSSR count). The first-order valence-electron chi connectivity index (χ1n) is 9.07. The molecule has 1 heterocycles. The summed E-state index contributed by atoms with van der Waals surface area (Å²) in [6.07, 6.45) is -0.0166. The second-order valence-corrected chi connectivity index (χ2v) is 10.1. The van der Waals surface area contributed by atoms with Crippen LogP contribution in [0.4, 0.5) is 9.59 Å². The first kappa shape index (κ1) is 22.0. The molecule has 156 valence electrons. The molecule has 8 nitrogen and oxygen atoms in total. The molecule has 0 bridgehead atoms. The molecule has 1 aliphatic heterocycles. The van der Waals surface area contributed by atoms with Gasteiger partial charge >= 0.3 is 12.2 Å². The third-order valence-electron chi connectivity index (χ3n) is 4.07. The Morgan fingerprint density at radius 1 is 1.11 bits per heavy atom. The highest BCUT2D eigenvalue weighted by Gasteiger charge is 2.36. The van der Waals surface area contributed by atoms with E-state index in [9.17, 15) is 18.0 Å². The fourth-order valence-corrected chi connectivity index (χ4v) is 3.87. The molecule has 0 spiro atoms. The van der Waals surface area contributed by atoms with Crippen molar-refractivity contribution in [3.05, 3.63) is 35.9 Å². The van der Waals surface area contributed by atoms with Gasteiger partial charge in [-0.3, -0.25) is 0 Å². The van der Waals surface area contributed by atoms with Crippen molar-refractivity contribution < 1.29 is 27.5 Å². The minimum absolute atomic E-state index is 0.0718. The third kappa shape index (κ3) is 7.03. The summed E-state index contributed by atoms with van der Waals surface area (Å²) < 4.78 is 34.4. The van der Waals surface area contributed by atoms with Gasteiger partial charge in [-0.1, -0.05) is 30.3 Å². The molecule has 2 amide bonds. The zero-order valence-electron chi connectivity index (χ0n) is 16.8. The van der Waals surface area contributed by atoms with E-state index in [1.165, 1.54) is 9.80 Å². The van der Waals surface area contributed by atoms with Crippen molar-refractivity contribution in [2.24, 2.45) is 0 Å². The fraction of sp³-hybridized carbons (Fsp3) is 0.579. The number of hydrogen-bond acceptors (Lipinski definition) is 6. The topological polar surface area (TPSA) is 93.2 Å². The zero-order chi connectivity index (χ0) is 20.9. The van der Waals surface area contributed by atoms with Crippen molar-refractivity contribution in [3.8, 4) is 0 Å². The number of piperazine rings is 1. The van der Waals surface area contributed by atoms with E-state index in [0.29, 0.717) is 0 Å². The molecule has 1 atom stereocenters. The largest absolute Gasteiger partial charge is 0.445 e. The molecular weight excluding hydrogens is 384 g/mol. The van der Waals surface area contributed by atoms with Gasteiger partial charge in [0, 0.05) is 25.9 Å². The van der Waals surface area contributed by atoms with Crippen LogP contribution in [0.5, 0.6) is 0 Å². The molecule has 1 aromatic carbocycles. The summed E-state index contributed by atoms with van der Waals surface area (Å²) in [5, 5.41) is 0. The number of nitrogens with zero attached hydrogens (tertiary/aromatic N) is 2. The smallest absolute Gasteiger partial charge is 0.410 e. The predicted octanol–water partition coefficient (Wildman–Crippen LogP) is 2.29. The number of benzene rings is 1. The first-order valence-corrected chi connectivity index (χ1v) is 11.1. The molecule has 1 unspecified atom stereocenters. The Labute approximate surface area is 166 Å². The van der Waals surface area contributed by atoms with Gasteiger partial charge in [-0.05, 0) is 26.3 Å². The maximum atomic E-state index is 12.5. The van der Waals surface area contributed by atoms with Crippen molar-refractivity contribution in [1.29, 1.82) is 0 Å². The van der Waals surface area contributed by atoms with E-state index >= 15 is 0 Å².